The Bertz CT molecular complexity index is 878. The Morgan fingerprint density at radius 3 is 3.21 bits per heavy atom. The van der Waals surface area contributed by atoms with E-state index in [9.17, 15) is 4.79 Å². The van der Waals surface area contributed by atoms with Gasteiger partial charge in [-0.3, -0.25) is 13.7 Å². The van der Waals surface area contributed by atoms with Crippen molar-refractivity contribution in [2.75, 3.05) is 11.9 Å². The van der Waals surface area contributed by atoms with E-state index in [1.165, 1.54) is 12.5 Å². The lowest BCUT2D eigenvalue weighted by molar-refractivity contribution is 0.103. The van der Waals surface area contributed by atoms with Crippen molar-refractivity contribution in [2.24, 2.45) is 11.8 Å². The summed E-state index contributed by atoms with van der Waals surface area (Å²) in [4.78, 5) is 21.3. The van der Waals surface area contributed by atoms with Gasteiger partial charge >= 0.3 is 0 Å². The zero-order valence-corrected chi connectivity index (χ0v) is 17.0. The van der Waals surface area contributed by atoms with Crippen molar-refractivity contribution >= 4 is 23.9 Å². The Balaban J connectivity index is 1.63. The summed E-state index contributed by atoms with van der Waals surface area (Å²) in [6, 6.07) is 1.91. The van der Waals surface area contributed by atoms with Gasteiger partial charge in [-0.05, 0) is 38.2 Å². The normalized spacial score (nSPS) is 18.3. The molecule has 0 saturated heterocycles. The third-order valence-electron chi connectivity index (χ3n) is 4.75. The Kier molecular flexibility index (Phi) is 8.01. The lowest BCUT2D eigenvalue weighted by Gasteiger charge is -2.15. The van der Waals surface area contributed by atoms with Crippen LogP contribution in [0.2, 0.25) is 0 Å². The van der Waals surface area contributed by atoms with Crippen molar-refractivity contribution in [1.29, 1.82) is 0 Å². The molecular weight excluding hydrogens is 392 g/mol. The first-order valence-electron chi connectivity index (χ1n) is 9.40. The lowest BCUT2D eigenvalue weighted by Crippen LogP contribution is -2.20. The largest absolute Gasteiger partial charge is 0.367 e. The minimum Gasteiger partial charge on any atom is -0.367 e. The first kappa shape index (κ1) is 21.3. The van der Waals surface area contributed by atoms with E-state index < -0.39 is 0 Å². The van der Waals surface area contributed by atoms with Crippen LogP contribution in [0.5, 0.6) is 0 Å². The molecule has 1 fully saturated rings. The number of carbonyl (C=O) groups excluding carboxylic acids is 1. The second-order valence-electron chi connectivity index (χ2n) is 6.72. The zero-order valence-electron chi connectivity index (χ0n) is 16.2. The van der Waals surface area contributed by atoms with Gasteiger partial charge < -0.3 is 5.32 Å². The van der Waals surface area contributed by atoms with Gasteiger partial charge in [0.1, 0.15) is 17.8 Å². The number of nitrogens with two attached hydrogens (primary N) is 1. The number of aromatic nitrogens is 4. The van der Waals surface area contributed by atoms with Gasteiger partial charge in [0.15, 0.2) is 12.3 Å². The number of ketones is 1. The third kappa shape index (κ3) is 6.01. The molecule has 3 N–H and O–H groups in total. The average Bonchev–Trinajstić information content (AvgIpc) is 3.38. The minimum absolute atomic E-state index is 0.206. The molecule has 2 aromatic rings. The zero-order chi connectivity index (χ0) is 20.5. The van der Waals surface area contributed by atoms with Crippen molar-refractivity contribution < 1.29 is 13.3 Å². The Hall–Kier alpha value is -2.45. The summed E-state index contributed by atoms with van der Waals surface area (Å²) in [6.45, 7) is 3.01. The molecule has 0 amide bonds. The molecule has 0 bridgehead atoms. The van der Waals surface area contributed by atoms with Crippen LogP contribution in [0.1, 0.15) is 48.7 Å². The van der Waals surface area contributed by atoms with Crippen molar-refractivity contribution in [3.63, 3.8) is 0 Å². The van der Waals surface area contributed by atoms with Crippen molar-refractivity contribution in [3.05, 3.63) is 36.0 Å². The van der Waals surface area contributed by atoms with Gasteiger partial charge in [0.05, 0.1) is 18.7 Å². The molecule has 2 heterocycles. The topological polar surface area (TPSA) is 117 Å². The molecular formula is C19H24N6O3S. The van der Waals surface area contributed by atoms with Crippen LogP contribution in [0.3, 0.4) is 0 Å². The van der Waals surface area contributed by atoms with Gasteiger partial charge in [-0.15, -0.1) is 11.8 Å². The molecule has 0 aromatic carbocycles. The quantitative estimate of drug-likeness (QED) is 0.198. The minimum atomic E-state index is -0.206. The van der Waals surface area contributed by atoms with Gasteiger partial charge in [-0.1, -0.05) is 0 Å². The first-order valence-corrected chi connectivity index (χ1v) is 10.1. The molecule has 29 heavy (non-hydrogen) atoms. The smallest absolute Gasteiger partial charge is 0.218 e. The maximum atomic E-state index is 13.0. The highest BCUT2D eigenvalue weighted by Gasteiger charge is 2.27. The van der Waals surface area contributed by atoms with Crippen LogP contribution in [0, 0.1) is 17.8 Å². The number of anilines is 1. The number of nitrogens with zero attached hydrogens (tertiary/aromatic N) is 4. The number of aryl methyl sites for hydroxylation is 1. The summed E-state index contributed by atoms with van der Waals surface area (Å²) in [5.74, 6) is 11.5. The molecule has 2 aromatic heterocycles. The lowest BCUT2D eigenvalue weighted by atomic mass is 10.1. The molecule has 0 radical (unpaired) electrons. The molecule has 1 saturated carbocycles. The van der Waals surface area contributed by atoms with Crippen molar-refractivity contribution in [3.8, 4) is 11.8 Å². The fraction of sp³-hybridized carbons (Fsp3) is 0.474. The molecule has 0 aliphatic heterocycles. The van der Waals surface area contributed by atoms with Crippen molar-refractivity contribution in [2.45, 2.75) is 45.2 Å². The summed E-state index contributed by atoms with van der Waals surface area (Å²) in [7, 11) is 0. The van der Waals surface area contributed by atoms with E-state index in [0.29, 0.717) is 42.6 Å². The fourth-order valence-corrected chi connectivity index (χ4v) is 3.66. The Morgan fingerprint density at radius 2 is 2.38 bits per heavy atom. The van der Waals surface area contributed by atoms with Crippen LogP contribution in [-0.4, -0.2) is 38.2 Å². The van der Waals surface area contributed by atoms with E-state index in [-0.39, 0.29) is 11.8 Å². The summed E-state index contributed by atoms with van der Waals surface area (Å²) >= 11 is 0.788. The average molecular weight is 417 g/mol. The van der Waals surface area contributed by atoms with Crippen LogP contribution in [-0.2, 0) is 15.0 Å². The maximum Gasteiger partial charge on any atom is 0.218 e. The fourth-order valence-electron chi connectivity index (χ4n) is 3.35. The molecule has 1 aliphatic carbocycles. The van der Waals surface area contributed by atoms with Crippen LogP contribution in [0.25, 0.3) is 0 Å². The van der Waals surface area contributed by atoms with Crippen LogP contribution in [0.4, 0.5) is 5.82 Å². The number of hydrogen-bond acceptors (Lipinski definition) is 9. The molecule has 9 nitrogen and oxygen atoms in total. The summed E-state index contributed by atoms with van der Waals surface area (Å²) in [5.41, 5.74) is 0.779. The number of nitrogens with one attached hydrogen (secondary N) is 1. The van der Waals surface area contributed by atoms with Gasteiger partial charge in [-0.2, -0.15) is 11.0 Å². The standard InChI is InChI=1S/C19H24N6O3S/c1-2-3-4-8-25-9-7-17(24-25)18(26)16-11-21-13-22-19(16)23-15-6-5-14(10-15)12-27-29-28-20/h7,9,11,13-15H,4-6,8,10,12,20H2,1H3,(H,21,22,23). The SMILES string of the molecule is CC#CCCn1ccc(C(=O)c2cncnc2NC2CCC(COSON)C2)n1. The summed E-state index contributed by atoms with van der Waals surface area (Å²) < 4.78 is 11.3. The van der Waals surface area contributed by atoms with E-state index >= 15 is 0 Å². The van der Waals surface area contributed by atoms with Gasteiger partial charge in [0.2, 0.25) is 5.78 Å². The molecule has 2 atom stereocenters. The van der Waals surface area contributed by atoms with E-state index in [2.05, 4.69) is 36.5 Å². The number of carbonyl (C=O) groups is 1. The second-order valence-corrected chi connectivity index (χ2v) is 7.29. The summed E-state index contributed by atoms with van der Waals surface area (Å²) in [5, 5.41) is 7.75. The number of rotatable bonds is 10. The maximum absolute atomic E-state index is 13.0. The van der Waals surface area contributed by atoms with Crippen LogP contribution >= 0.6 is 12.3 Å². The first-order chi connectivity index (χ1) is 14.2. The molecule has 0 spiro atoms. The molecule has 1 aliphatic rings. The highest BCUT2D eigenvalue weighted by atomic mass is 32.2. The van der Waals surface area contributed by atoms with E-state index in [4.69, 9.17) is 10.1 Å². The molecule has 3 rings (SSSR count). The van der Waals surface area contributed by atoms with Gasteiger partial charge in [0, 0.05) is 24.9 Å². The van der Waals surface area contributed by atoms with Crippen molar-refractivity contribution in [1.82, 2.24) is 19.7 Å². The van der Waals surface area contributed by atoms with Gasteiger partial charge in [0.25, 0.3) is 0 Å². The van der Waals surface area contributed by atoms with E-state index in [1.54, 1.807) is 23.9 Å². The monoisotopic (exact) mass is 416 g/mol. The Labute approximate surface area is 174 Å². The molecule has 2 unspecified atom stereocenters. The summed E-state index contributed by atoms with van der Waals surface area (Å²) in [6.07, 6.45) is 8.34. The van der Waals surface area contributed by atoms with Crippen LogP contribution in [0.15, 0.2) is 24.8 Å². The molecule has 10 heteroatoms. The molecule has 154 valence electrons. The second kappa shape index (κ2) is 10.9. The highest BCUT2D eigenvalue weighted by molar-refractivity contribution is 7.89. The Morgan fingerprint density at radius 1 is 1.48 bits per heavy atom. The van der Waals surface area contributed by atoms with E-state index in [1.807, 2.05) is 0 Å². The third-order valence-corrected chi connectivity index (χ3v) is 5.06. The van der Waals surface area contributed by atoms with Crippen LogP contribution < -0.4 is 11.2 Å². The number of hydrogen-bond donors (Lipinski definition) is 2. The highest BCUT2D eigenvalue weighted by Crippen LogP contribution is 2.29. The van der Waals surface area contributed by atoms with E-state index in [0.717, 1.165) is 31.6 Å². The predicted octanol–water partition coefficient (Wildman–Crippen LogP) is 2.37. The van der Waals surface area contributed by atoms with Gasteiger partial charge in [-0.25, -0.2) is 14.3 Å². The predicted molar refractivity (Wildman–Crippen MR) is 109 cm³/mol.